The molecular weight excluding hydrogens is 376 g/mol. The molecule has 29 heavy (non-hydrogen) atoms. The lowest BCUT2D eigenvalue weighted by Crippen LogP contribution is -2.65. The summed E-state index contributed by atoms with van der Waals surface area (Å²) >= 11 is 0. The van der Waals surface area contributed by atoms with Gasteiger partial charge in [-0.25, -0.2) is 14.4 Å². The first-order valence-corrected chi connectivity index (χ1v) is 9.80. The van der Waals surface area contributed by atoms with E-state index in [1.54, 1.807) is 6.08 Å². The summed E-state index contributed by atoms with van der Waals surface area (Å²) in [5.74, 6) is -1.97. The minimum atomic E-state index is -1.68. The van der Waals surface area contributed by atoms with Gasteiger partial charge in [0.2, 0.25) is 0 Å². The van der Waals surface area contributed by atoms with Crippen molar-refractivity contribution < 1.29 is 33.7 Å². The van der Waals surface area contributed by atoms with Gasteiger partial charge in [-0.1, -0.05) is 39.3 Å². The van der Waals surface area contributed by atoms with E-state index in [9.17, 15) is 19.5 Å². The number of cyclic esters (lactones) is 1. The highest BCUT2D eigenvalue weighted by atomic mass is 16.6. The summed E-state index contributed by atoms with van der Waals surface area (Å²) < 4.78 is 15.4. The lowest BCUT2D eigenvalue weighted by molar-refractivity contribution is -0.194. The molecule has 1 aliphatic heterocycles. The molecule has 1 saturated heterocycles. The molecule has 0 radical (unpaired) electrons. The van der Waals surface area contributed by atoms with Gasteiger partial charge in [0, 0.05) is 29.1 Å². The molecule has 158 valence electrons. The van der Waals surface area contributed by atoms with Crippen LogP contribution >= 0.6 is 0 Å². The smallest absolute Gasteiger partial charge is 0.343 e. The van der Waals surface area contributed by atoms with Crippen molar-refractivity contribution in [2.45, 2.75) is 51.7 Å². The SMILES string of the molecule is COC(=O)/C=C/C=C/C(=O)OC1C=C2COC(=O)C2(O)C2(C)CCCC(C)(C)C12. The highest BCUT2D eigenvalue weighted by Crippen LogP contribution is 2.63. The first-order valence-electron chi connectivity index (χ1n) is 9.80. The van der Waals surface area contributed by atoms with E-state index in [-0.39, 0.29) is 17.9 Å². The molecule has 0 aromatic heterocycles. The first kappa shape index (κ1) is 21.3. The fourth-order valence-corrected chi connectivity index (χ4v) is 5.46. The number of aliphatic hydroxyl groups is 1. The van der Waals surface area contributed by atoms with E-state index in [4.69, 9.17) is 9.47 Å². The molecule has 0 aromatic rings. The van der Waals surface area contributed by atoms with Gasteiger partial charge < -0.3 is 19.3 Å². The van der Waals surface area contributed by atoms with E-state index >= 15 is 0 Å². The van der Waals surface area contributed by atoms with Crippen LogP contribution in [0.25, 0.3) is 0 Å². The molecule has 7 heteroatoms. The number of ether oxygens (including phenoxy) is 3. The highest BCUT2D eigenvalue weighted by molar-refractivity contribution is 5.89. The van der Waals surface area contributed by atoms with Gasteiger partial charge in [0.05, 0.1) is 7.11 Å². The van der Waals surface area contributed by atoms with Gasteiger partial charge in [0.1, 0.15) is 12.7 Å². The predicted molar refractivity (Wildman–Crippen MR) is 103 cm³/mol. The molecule has 0 aromatic carbocycles. The zero-order chi connectivity index (χ0) is 21.4. The van der Waals surface area contributed by atoms with Crippen LogP contribution in [0.2, 0.25) is 0 Å². The van der Waals surface area contributed by atoms with Gasteiger partial charge in [-0.2, -0.15) is 0 Å². The topological polar surface area (TPSA) is 99.1 Å². The molecule has 2 aliphatic carbocycles. The maximum atomic E-state index is 12.5. The molecule has 4 atom stereocenters. The lowest BCUT2D eigenvalue weighted by Gasteiger charge is -2.59. The van der Waals surface area contributed by atoms with Crippen LogP contribution in [0.5, 0.6) is 0 Å². The van der Waals surface area contributed by atoms with Gasteiger partial charge in [-0.15, -0.1) is 0 Å². The van der Waals surface area contributed by atoms with Crippen LogP contribution < -0.4 is 0 Å². The van der Waals surface area contributed by atoms with Crippen molar-refractivity contribution in [2.75, 3.05) is 13.7 Å². The van der Waals surface area contributed by atoms with E-state index in [1.165, 1.54) is 31.4 Å². The zero-order valence-corrected chi connectivity index (χ0v) is 17.3. The number of carbonyl (C=O) groups is 3. The third-order valence-corrected chi connectivity index (χ3v) is 6.71. The number of methoxy groups -OCH3 is 1. The maximum Gasteiger partial charge on any atom is 0.343 e. The molecule has 0 spiro atoms. The Labute approximate surface area is 170 Å². The molecule has 1 heterocycles. The lowest BCUT2D eigenvalue weighted by atomic mass is 9.46. The summed E-state index contributed by atoms with van der Waals surface area (Å²) in [6, 6.07) is 0. The Morgan fingerprint density at radius 2 is 1.83 bits per heavy atom. The highest BCUT2D eigenvalue weighted by Gasteiger charge is 2.69. The molecule has 4 unspecified atom stereocenters. The third-order valence-electron chi connectivity index (χ3n) is 6.71. The maximum absolute atomic E-state index is 12.5. The number of hydrogen-bond donors (Lipinski definition) is 1. The predicted octanol–water partition coefficient (Wildman–Crippen LogP) is 2.24. The minimum absolute atomic E-state index is 0.00380. The molecule has 1 N–H and O–H groups in total. The quantitative estimate of drug-likeness (QED) is 0.252. The molecular formula is C22H28O7. The minimum Gasteiger partial charge on any atom is -0.466 e. The fourth-order valence-electron chi connectivity index (χ4n) is 5.46. The fraction of sp³-hybridized carbons (Fsp3) is 0.591. The Hall–Kier alpha value is -2.41. The number of rotatable bonds is 4. The van der Waals surface area contributed by atoms with Crippen LogP contribution in [0, 0.1) is 16.7 Å². The number of allylic oxidation sites excluding steroid dienone is 2. The van der Waals surface area contributed by atoms with E-state index in [0.717, 1.165) is 12.8 Å². The third kappa shape index (κ3) is 3.41. The van der Waals surface area contributed by atoms with Crippen LogP contribution in [0.1, 0.15) is 40.0 Å². The van der Waals surface area contributed by atoms with Crippen LogP contribution in [0.4, 0.5) is 0 Å². The summed E-state index contributed by atoms with van der Waals surface area (Å²) in [5, 5.41) is 11.4. The van der Waals surface area contributed by atoms with E-state index < -0.39 is 35.0 Å². The Bertz CT molecular complexity index is 806. The number of carbonyl (C=O) groups excluding carboxylic acids is 3. The first-order chi connectivity index (χ1) is 13.6. The van der Waals surface area contributed by atoms with Gasteiger partial charge in [-0.3, -0.25) is 0 Å². The Kier molecular flexibility index (Phi) is 5.47. The second kappa shape index (κ2) is 7.44. The van der Waals surface area contributed by atoms with Crippen molar-refractivity contribution in [3.8, 4) is 0 Å². The molecule has 3 aliphatic rings. The van der Waals surface area contributed by atoms with Crippen molar-refractivity contribution in [1.29, 1.82) is 0 Å². The van der Waals surface area contributed by atoms with Crippen molar-refractivity contribution in [2.24, 2.45) is 16.7 Å². The van der Waals surface area contributed by atoms with Crippen molar-refractivity contribution in [1.82, 2.24) is 0 Å². The van der Waals surface area contributed by atoms with Gasteiger partial charge in [-0.05, 0) is 24.3 Å². The molecule has 7 nitrogen and oxygen atoms in total. The van der Waals surface area contributed by atoms with Crippen molar-refractivity contribution in [3.05, 3.63) is 36.0 Å². The Morgan fingerprint density at radius 3 is 2.48 bits per heavy atom. The average Bonchev–Trinajstić information content (AvgIpc) is 2.94. The molecule has 2 fully saturated rings. The number of hydrogen-bond acceptors (Lipinski definition) is 7. The molecule has 0 amide bonds. The number of fused-ring (bicyclic) bond motifs is 3. The second-order valence-electron chi connectivity index (χ2n) is 8.86. The van der Waals surface area contributed by atoms with Gasteiger partial charge in [0.25, 0.3) is 0 Å². The van der Waals surface area contributed by atoms with Gasteiger partial charge >= 0.3 is 17.9 Å². The zero-order valence-electron chi connectivity index (χ0n) is 17.3. The summed E-state index contributed by atoms with van der Waals surface area (Å²) in [7, 11) is 1.27. The van der Waals surface area contributed by atoms with Crippen LogP contribution in [0.3, 0.4) is 0 Å². The summed E-state index contributed by atoms with van der Waals surface area (Å²) in [5.41, 5.74) is -2.28. The van der Waals surface area contributed by atoms with E-state index in [0.29, 0.717) is 12.0 Å². The molecule has 3 rings (SSSR count). The van der Waals surface area contributed by atoms with Crippen LogP contribution in [-0.2, 0) is 28.6 Å². The monoisotopic (exact) mass is 404 g/mol. The van der Waals surface area contributed by atoms with Crippen molar-refractivity contribution >= 4 is 17.9 Å². The van der Waals surface area contributed by atoms with Crippen LogP contribution in [0.15, 0.2) is 36.0 Å². The van der Waals surface area contributed by atoms with Crippen LogP contribution in [-0.4, -0.2) is 48.4 Å². The summed E-state index contributed by atoms with van der Waals surface area (Å²) in [6.07, 6.45) is 8.69. The Balaban J connectivity index is 1.90. The second-order valence-corrected chi connectivity index (χ2v) is 8.86. The summed E-state index contributed by atoms with van der Waals surface area (Å²) in [6.45, 7) is 6.05. The Morgan fingerprint density at radius 1 is 1.17 bits per heavy atom. The average molecular weight is 404 g/mol. The summed E-state index contributed by atoms with van der Waals surface area (Å²) in [4.78, 5) is 36.0. The van der Waals surface area contributed by atoms with Gasteiger partial charge in [0.15, 0.2) is 5.60 Å². The normalized spacial score (nSPS) is 35.6. The molecule has 1 saturated carbocycles. The van der Waals surface area contributed by atoms with E-state index in [1.807, 2.05) is 6.92 Å². The van der Waals surface area contributed by atoms with E-state index in [2.05, 4.69) is 18.6 Å². The standard InChI is InChI=1S/C22H28O7/c1-20(2)10-7-11-21(3)18(20)15(12-14-13-28-19(25)22(14,21)26)29-17(24)9-6-5-8-16(23)27-4/h5-6,8-9,12,15,18,26H,7,10-11,13H2,1-4H3/b8-5+,9-6+. The van der Waals surface area contributed by atoms with Crippen molar-refractivity contribution in [3.63, 3.8) is 0 Å². The molecule has 0 bridgehead atoms. The number of esters is 3. The largest absolute Gasteiger partial charge is 0.466 e.